The van der Waals surface area contributed by atoms with E-state index in [0.29, 0.717) is 19.5 Å². The number of nitrogens with one attached hydrogen (secondary N) is 1. The second kappa shape index (κ2) is 4.98. The van der Waals surface area contributed by atoms with Crippen LogP contribution < -0.4 is 5.32 Å². The van der Waals surface area contributed by atoms with Gasteiger partial charge in [0.1, 0.15) is 5.60 Å². The highest BCUT2D eigenvalue weighted by Crippen LogP contribution is 2.47. The van der Waals surface area contributed by atoms with Crippen LogP contribution in [-0.4, -0.2) is 35.6 Å². The van der Waals surface area contributed by atoms with Crippen LogP contribution in [-0.2, 0) is 14.9 Å². The largest absolute Gasteiger partial charge is 0.444 e. The van der Waals surface area contributed by atoms with Crippen LogP contribution in [0, 0.1) is 0 Å². The number of amides is 2. The summed E-state index contributed by atoms with van der Waals surface area (Å²) in [7, 11) is 0. The first-order valence-electron chi connectivity index (χ1n) is 7.31. The molecule has 2 heterocycles. The Bertz CT molecular complexity index is 653. The molecule has 1 fully saturated rings. The highest BCUT2D eigenvalue weighted by molar-refractivity contribution is 9.10. The molecule has 0 radical (unpaired) electrons. The molecule has 22 heavy (non-hydrogen) atoms. The van der Waals surface area contributed by atoms with Gasteiger partial charge in [0.25, 0.3) is 0 Å². The molecule has 1 saturated heterocycles. The fourth-order valence-electron chi connectivity index (χ4n) is 3.15. The van der Waals surface area contributed by atoms with Crippen LogP contribution in [0.1, 0.15) is 32.8 Å². The molecule has 3 rings (SSSR count). The number of anilines is 1. The SMILES string of the molecule is CC(C)(C)OC(=O)N1CCC2(C1)C(=O)Nc1cccc(Br)c12. The summed E-state index contributed by atoms with van der Waals surface area (Å²) in [4.78, 5) is 26.4. The van der Waals surface area contributed by atoms with Crippen molar-refractivity contribution in [2.24, 2.45) is 0 Å². The number of hydrogen-bond acceptors (Lipinski definition) is 3. The van der Waals surface area contributed by atoms with Crippen molar-refractivity contribution in [1.29, 1.82) is 0 Å². The Hall–Kier alpha value is -1.56. The van der Waals surface area contributed by atoms with Gasteiger partial charge in [0.05, 0.1) is 5.41 Å². The molecule has 2 aliphatic heterocycles. The van der Waals surface area contributed by atoms with Gasteiger partial charge in [0.15, 0.2) is 0 Å². The number of rotatable bonds is 0. The molecular weight excluding hydrogens is 348 g/mol. The third kappa shape index (κ3) is 2.39. The molecular formula is C16H19BrN2O3. The number of carbonyl (C=O) groups is 2. The Labute approximate surface area is 138 Å². The predicted molar refractivity (Wildman–Crippen MR) is 86.9 cm³/mol. The first-order valence-corrected chi connectivity index (χ1v) is 8.11. The predicted octanol–water partition coefficient (Wildman–Crippen LogP) is 3.28. The van der Waals surface area contributed by atoms with Crippen LogP contribution in [0.3, 0.4) is 0 Å². The number of nitrogens with zero attached hydrogens (tertiary/aromatic N) is 1. The standard InChI is InChI=1S/C16H19BrN2O3/c1-15(2,3)22-14(21)19-8-7-16(9-19)12-10(17)5-4-6-11(12)18-13(16)20/h4-6H,7-9H2,1-3H3,(H,18,20). The summed E-state index contributed by atoms with van der Waals surface area (Å²) in [6.07, 6.45) is 0.242. The maximum atomic E-state index is 12.6. The van der Waals surface area contributed by atoms with Crippen LogP contribution in [0.5, 0.6) is 0 Å². The smallest absolute Gasteiger partial charge is 0.410 e. The monoisotopic (exact) mass is 366 g/mol. The van der Waals surface area contributed by atoms with E-state index in [0.717, 1.165) is 15.7 Å². The highest BCUT2D eigenvalue weighted by atomic mass is 79.9. The second-order valence-corrected chi connectivity index (χ2v) is 7.70. The van der Waals surface area contributed by atoms with Crippen molar-refractivity contribution in [2.75, 3.05) is 18.4 Å². The molecule has 1 N–H and O–H groups in total. The Morgan fingerprint density at radius 3 is 2.82 bits per heavy atom. The average molecular weight is 367 g/mol. The van der Waals surface area contributed by atoms with E-state index >= 15 is 0 Å². The summed E-state index contributed by atoms with van der Waals surface area (Å²) in [5.74, 6) is -0.0412. The van der Waals surface area contributed by atoms with Gasteiger partial charge in [-0.15, -0.1) is 0 Å². The number of fused-ring (bicyclic) bond motifs is 2. The van der Waals surface area contributed by atoms with Crippen molar-refractivity contribution in [2.45, 2.75) is 38.2 Å². The summed E-state index contributed by atoms with van der Waals surface area (Å²) in [6.45, 7) is 6.38. The molecule has 0 aromatic heterocycles. The fraction of sp³-hybridized carbons (Fsp3) is 0.500. The van der Waals surface area contributed by atoms with E-state index in [2.05, 4.69) is 21.2 Å². The summed E-state index contributed by atoms with van der Waals surface area (Å²) in [5.41, 5.74) is 0.562. The minimum Gasteiger partial charge on any atom is -0.444 e. The minimum atomic E-state index is -0.674. The number of ether oxygens (including phenoxy) is 1. The van der Waals surface area contributed by atoms with Crippen molar-refractivity contribution in [3.8, 4) is 0 Å². The van der Waals surface area contributed by atoms with Gasteiger partial charge in [0.2, 0.25) is 5.91 Å². The molecule has 5 nitrogen and oxygen atoms in total. The molecule has 0 bridgehead atoms. The molecule has 6 heteroatoms. The van der Waals surface area contributed by atoms with Crippen molar-refractivity contribution in [3.05, 3.63) is 28.2 Å². The zero-order valence-electron chi connectivity index (χ0n) is 12.9. The molecule has 1 aromatic rings. The van der Waals surface area contributed by atoms with Crippen LogP contribution >= 0.6 is 15.9 Å². The van der Waals surface area contributed by atoms with Gasteiger partial charge in [-0.2, -0.15) is 0 Å². The first-order chi connectivity index (χ1) is 10.2. The van der Waals surface area contributed by atoms with Crippen LogP contribution in [0.25, 0.3) is 0 Å². The molecule has 0 aliphatic carbocycles. The first kappa shape index (κ1) is 15.3. The van der Waals surface area contributed by atoms with Gasteiger partial charge in [0, 0.05) is 28.8 Å². The lowest BCUT2D eigenvalue weighted by Gasteiger charge is -2.26. The molecule has 1 spiro atoms. The molecule has 1 atom stereocenters. The van der Waals surface area contributed by atoms with E-state index in [1.165, 1.54) is 0 Å². The van der Waals surface area contributed by atoms with Crippen LogP contribution in [0.2, 0.25) is 0 Å². The van der Waals surface area contributed by atoms with E-state index in [-0.39, 0.29) is 12.0 Å². The van der Waals surface area contributed by atoms with Crippen molar-refractivity contribution < 1.29 is 14.3 Å². The maximum Gasteiger partial charge on any atom is 0.410 e. The van der Waals surface area contributed by atoms with E-state index in [4.69, 9.17) is 4.74 Å². The summed E-state index contributed by atoms with van der Waals surface area (Å²) >= 11 is 3.54. The molecule has 0 saturated carbocycles. The van der Waals surface area contributed by atoms with Gasteiger partial charge in [-0.3, -0.25) is 4.79 Å². The quantitative estimate of drug-likeness (QED) is 0.766. The number of hydrogen-bond donors (Lipinski definition) is 1. The average Bonchev–Trinajstić information content (AvgIpc) is 2.93. The lowest BCUT2D eigenvalue weighted by molar-refractivity contribution is -0.120. The minimum absolute atomic E-state index is 0.0412. The third-order valence-electron chi connectivity index (χ3n) is 4.10. The maximum absolute atomic E-state index is 12.6. The van der Waals surface area contributed by atoms with E-state index < -0.39 is 11.0 Å². The van der Waals surface area contributed by atoms with Gasteiger partial charge in [-0.25, -0.2) is 4.79 Å². The van der Waals surface area contributed by atoms with Crippen molar-refractivity contribution >= 4 is 33.6 Å². The molecule has 1 aromatic carbocycles. The Balaban J connectivity index is 1.89. The molecule has 2 amide bonds. The summed E-state index contributed by atoms with van der Waals surface area (Å²) in [5, 5.41) is 2.93. The zero-order chi connectivity index (χ0) is 16.1. The molecule has 2 aliphatic rings. The number of halogens is 1. The normalized spacial score (nSPS) is 23.6. The van der Waals surface area contributed by atoms with Gasteiger partial charge in [-0.1, -0.05) is 22.0 Å². The lowest BCUT2D eigenvalue weighted by atomic mass is 9.81. The van der Waals surface area contributed by atoms with Crippen molar-refractivity contribution in [1.82, 2.24) is 4.90 Å². The highest BCUT2D eigenvalue weighted by Gasteiger charge is 2.53. The van der Waals surface area contributed by atoms with E-state index in [1.807, 2.05) is 39.0 Å². The zero-order valence-corrected chi connectivity index (χ0v) is 14.5. The Morgan fingerprint density at radius 2 is 2.14 bits per heavy atom. The molecule has 118 valence electrons. The second-order valence-electron chi connectivity index (χ2n) is 6.85. The summed E-state index contributed by atoms with van der Waals surface area (Å²) in [6, 6.07) is 5.71. The Kier molecular flexibility index (Phi) is 3.47. The van der Waals surface area contributed by atoms with Gasteiger partial charge in [-0.05, 0) is 39.3 Å². The van der Waals surface area contributed by atoms with Crippen LogP contribution in [0.15, 0.2) is 22.7 Å². The fourth-order valence-corrected chi connectivity index (χ4v) is 3.90. The third-order valence-corrected chi connectivity index (χ3v) is 4.76. The number of carbonyl (C=O) groups excluding carboxylic acids is 2. The van der Waals surface area contributed by atoms with Gasteiger partial charge >= 0.3 is 6.09 Å². The number of benzene rings is 1. The van der Waals surface area contributed by atoms with E-state index in [9.17, 15) is 9.59 Å². The van der Waals surface area contributed by atoms with Gasteiger partial charge < -0.3 is 15.0 Å². The summed E-state index contributed by atoms with van der Waals surface area (Å²) < 4.78 is 6.32. The Morgan fingerprint density at radius 1 is 1.41 bits per heavy atom. The lowest BCUT2D eigenvalue weighted by Crippen LogP contribution is -2.41. The topological polar surface area (TPSA) is 58.6 Å². The molecule has 1 unspecified atom stereocenters. The van der Waals surface area contributed by atoms with Crippen LogP contribution in [0.4, 0.5) is 10.5 Å². The number of likely N-dealkylation sites (tertiary alicyclic amines) is 1. The van der Waals surface area contributed by atoms with Crippen molar-refractivity contribution in [3.63, 3.8) is 0 Å². The van der Waals surface area contributed by atoms with E-state index in [1.54, 1.807) is 4.90 Å².